The van der Waals surface area contributed by atoms with Gasteiger partial charge in [-0.25, -0.2) is 10.4 Å². The van der Waals surface area contributed by atoms with E-state index in [2.05, 4.69) is 15.5 Å². The number of amides is 1. The van der Waals surface area contributed by atoms with Crippen LogP contribution in [-0.2, 0) is 0 Å². The van der Waals surface area contributed by atoms with Crippen molar-refractivity contribution < 1.29 is 14.8 Å². The highest BCUT2D eigenvalue weighted by atomic mass is 16.6. The molecule has 0 saturated heterocycles. The van der Waals surface area contributed by atoms with Crippen molar-refractivity contribution in [2.45, 2.75) is 0 Å². The number of aromatic hydroxyl groups is 1. The highest BCUT2D eigenvalue weighted by molar-refractivity contribution is 5.95. The van der Waals surface area contributed by atoms with E-state index in [1.54, 1.807) is 18.2 Å². The number of carbonyl (C=O) groups excluding carboxylic acids is 1. The van der Waals surface area contributed by atoms with Gasteiger partial charge in [0.05, 0.1) is 16.8 Å². The number of aromatic nitrogens is 1. The van der Waals surface area contributed by atoms with Crippen LogP contribution in [0.1, 0.15) is 16.1 Å². The van der Waals surface area contributed by atoms with Crippen molar-refractivity contribution in [1.82, 2.24) is 10.4 Å². The molecule has 0 unspecified atom stereocenters. The lowest BCUT2D eigenvalue weighted by Crippen LogP contribution is -2.17. The average molecular weight is 336 g/mol. The normalized spacial score (nSPS) is 10.9. The van der Waals surface area contributed by atoms with Gasteiger partial charge in [-0.3, -0.25) is 14.9 Å². The summed E-state index contributed by atoms with van der Waals surface area (Å²) in [5.41, 5.74) is 3.36. The first-order valence-corrected chi connectivity index (χ1v) is 7.21. The number of carbonyl (C=O) groups is 1. The fourth-order valence-electron chi connectivity index (χ4n) is 2.17. The first-order chi connectivity index (χ1) is 12.0. The number of hydrogen-bond acceptors (Lipinski definition) is 6. The Morgan fingerprint density at radius 1 is 1.16 bits per heavy atom. The van der Waals surface area contributed by atoms with Crippen LogP contribution in [0.3, 0.4) is 0 Å². The maximum atomic E-state index is 11.9. The average Bonchev–Trinajstić information content (AvgIpc) is 2.62. The smallest absolute Gasteiger partial charge is 0.271 e. The zero-order chi connectivity index (χ0) is 17.8. The minimum atomic E-state index is -0.541. The van der Waals surface area contributed by atoms with Crippen LogP contribution in [0.2, 0.25) is 0 Å². The van der Waals surface area contributed by atoms with Gasteiger partial charge in [-0.2, -0.15) is 5.10 Å². The standard InChI is InChI=1S/C17H12N4O4/c22-15-3-1-2-11-4-7-13(19-16(11)15)10-18-20-17(23)12-5-8-14(9-6-12)21(24)25/h1-10,22H,(H,20,23)/b18-10-. The number of hydrogen-bond donors (Lipinski definition) is 2. The van der Waals surface area contributed by atoms with Crippen molar-refractivity contribution in [3.63, 3.8) is 0 Å². The third-order valence-electron chi connectivity index (χ3n) is 3.42. The van der Waals surface area contributed by atoms with Crippen LogP contribution in [-0.4, -0.2) is 27.1 Å². The fraction of sp³-hybridized carbons (Fsp3) is 0. The van der Waals surface area contributed by atoms with Crippen LogP contribution < -0.4 is 5.43 Å². The van der Waals surface area contributed by atoms with Crippen LogP contribution in [0.25, 0.3) is 10.9 Å². The van der Waals surface area contributed by atoms with E-state index in [1.165, 1.54) is 36.5 Å². The van der Waals surface area contributed by atoms with Crippen LogP contribution in [0.4, 0.5) is 5.69 Å². The Morgan fingerprint density at radius 3 is 2.64 bits per heavy atom. The third kappa shape index (κ3) is 3.58. The van der Waals surface area contributed by atoms with Crippen LogP contribution in [0, 0.1) is 10.1 Å². The molecular formula is C17H12N4O4. The van der Waals surface area contributed by atoms with E-state index < -0.39 is 10.8 Å². The molecule has 3 rings (SSSR count). The summed E-state index contributed by atoms with van der Waals surface area (Å²) in [7, 11) is 0. The number of hydrazone groups is 1. The molecule has 0 aliphatic rings. The summed E-state index contributed by atoms with van der Waals surface area (Å²) < 4.78 is 0. The summed E-state index contributed by atoms with van der Waals surface area (Å²) in [5.74, 6) is -0.447. The molecule has 0 atom stereocenters. The van der Waals surface area contributed by atoms with E-state index in [0.29, 0.717) is 11.2 Å². The Kier molecular flexibility index (Phi) is 4.34. The molecule has 1 heterocycles. The van der Waals surface area contributed by atoms with Crippen LogP contribution in [0.5, 0.6) is 5.75 Å². The van der Waals surface area contributed by atoms with Crippen molar-refractivity contribution in [2.24, 2.45) is 5.10 Å². The predicted molar refractivity (Wildman–Crippen MR) is 91.6 cm³/mol. The summed E-state index contributed by atoms with van der Waals surface area (Å²) in [6, 6.07) is 13.7. The van der Waals surface area contributed by atoms with E-state index in [0.717, 1.165) is 5.39 Å². The van der Waals surface area contributed by atoms with E-state index in [9.17, 15) is 20.0 Å². The number of rotatable bonds is 4. The van der Waals surface area contributed by atoms with Gasteiger partial charge in [0, 0.05) is 23.1 Å². The molecule has 0 spiro atoms. The molecule has 1 amide bonds. The largest absolute Gasteiger partial charge is 0.506 e. The predicted octanol–water partition coefficient (Wildman–Crippen LogP) is 2.61. The van der Waals surface area contributed by atoms with E-state index >= 15 is 0 Å². The lowest BCUT2D eigenvalue weighted by molar-refractivity contribution is -0.384. The Balaban J connectivity index is 1.71. The van der Waals surface area contributed by atoms with Crippen molar-refractivity contribution >= 4 is 28.7 Å². The Labute approximate surface area is 141 Å². The summed E-state index contributed by atoms with van der Waals surface area (Å²) >= 11 is 0. The van der Waals surface area contributed by atoms with Gasteiger partial charge in [0.25, 0.3) is 11.6 Å². The van der Waals surface area contributed by atoms with Gasteiger partial charge in [-0.05, 0) is 24.3 Å². The summed E-state index contributed by atoms with van der Waals surface area (Å²) in [5, 5.41) is 25.0. The molecule has 124 valence electrons. The molecule has 0 bridgehead atoms. The highest BCUT2D eigenvalue weighted by Gasteiger charge is 2.08. The molecular weight excluding hydrogens is 324 g/mol. The minimum Gasteiger partial charge on any atom is -0.506 e. The third-order valence-corrected chi connectivity index (χ3v) is 3.42. The number of para-hydroxylation sites is 1. The molecule has 3 aromatic rings. The number of fused-ring (bicyclic) bond motifs is 1. The van der Waals surface area contributed by atoms with Crippen molar-refractivity contribution in [3.8, 4) is 5.75 Å². The molecule has 8 nitrogen and oxygen atoms in total. The molecule has 25 heavy (non-hydrogen) atoms. The zero-order valence-corrected chi connectivity index (χ0v) is 12.8. The number of non-ortho nitro benzene ring substituents is 1. The number of benzene rings is 2. The molecule has 2 N–H and O–H groups in total. The van der Waals surface area contributed by atoms with Gasteiger partial charge < -0.3 is 5.11 Å². The number of nitrogens with zero attached hydrogens (tertiary/aromatic N) is 3. The molecule has 8 heteroatoms. The molecule has 0 radical (unpaired) electrons. The lowest BCUT2D eigenvalue weighted by atomic mass is 10.2. The van der Waals surface area contributed by atoms with Gasteiger partial charge in [0.2, 0.25) is 0 Å². The molecule has 0 aliphatic heterocycles. The van der Waals surface area contributed by atoms with Gasteiger partial charge in [-0.1, -0.05) is 18.2 Å². The van der Waals surface area contributed by atoms with E-state index in [4.69, 9.17) is 0 Å². The molecule has 0 fully saturated rings. The molecule has 2 aromatic carbocycles. The van der Waals surface area contributed by atoms with E-state index in [-0.39, 0.29) is 17.0 Å². The number of nitro groups is 1. The second-order valence-electron chi connectivity index (χ2n) is 5.09. The number of phenols is 1. The Morgan fingerprint density at radius 2 is 1.92 bits per heavy atom. The Bertz CT molecular complexity index is 984. The number of phenolic OH excluding ortho intramolecular Hbond substituents is 1. The van der Waals surface area contributed by atoms with Crippen LogP contribution in [0.15, 0.2) is 59.7 Å². The van der Waals surface area contributed by atoms with Crippen molar-refractivity contribution in [1.29, 1.82) is 0 Å². The summed E-state index contributed by atoms with van der Waals surface area (Å²) in [6.07, 6.45) is 1.34. The van der Waals surface area contributed by atoms with E-state index in [1.807, 2.05) is 6.07 Å². The van der Waals surface area contributed by atoms with Crippen LogP contribution >= 0.6 is 0 Å². The zero-order valence-electron chi connectivity index (χ0n) is 12.8. The maximum absolute atomic E-state index is 11.9. The second kappa shape index (κ2) is 6.75. The molecule has 1 aromatic heterocycles. The first-order valence-electron chi connectivity index (χ1n) is 7.21. The number of nitrogens with one attached hydrogen (secondary N) is 1. The summed E-state index contributed by atoms with van der Waals surface area (Å²) in [4.78, 5) is 26.2. The second-order valence-corrected chi connectivity index (χ2v) is 5.09. The monoisotopic (exact) mass is 336 g/mol. The number of nitro benzene ring substituents is 1. The Hall–Kier alpha value is -3.81. The van der Waals surface area contributed by atoms with Gasteiger partial charge in [-0.15, -0.1) is 0 Å². The topological polar surface area (TPSA) is 118 Å². The van der Waals surface area contributed by atoms with Gasteiger partial charge in [0.1, 0.15) is 11.3 Å². The maximum Gasteiger partial charge on any atom is 0.271 e. The SMILES string of the molecule is O=C(N/N=C\c1ccc2cccc(O)c2n1)c1ccc([N+](=O)[O-])cc1. The fourth-order valence-corrected chi connectivity index (χ4v) is 2.17. The minimum absolute atomic E-state index is 0.0580. The van der Waals surface area contributed by atoms with Crippen molar-refractivity contribution in [3.05, 3.63) is 76.0 Å². The molecule has 0 saturated carbocycles. The highest BCUT2D eigenvalue weighted by Crippen LogP contribution is 2.21. The van der Waals surface area contributed by atoms with Gasteiger partial charge >= 0.3 is 0 Å². The van der Waals surface area contributed by atoms with Gasteiger partial charge in [0.15, 0.2) is 0 Å². The number of pyridine rings is 1. The van der Waals surface area contributed by atoms with Crippen molar-refractivity contribution in [2.75, 3.05) is 0 Å². The summed E-state index contributed by atoms with van der Waals surface area (Å²) in [6.45, 7) is 0. The lowest BCUT2D eigenvalue weighted by Gasteiger charge is -2.01. The molecule has 0 aliphatic carbocycles. The first kappa shape index (κ1) is 16.1. The quantitative estimate of drug-likeness (QED) is 0.431.